The zero-order valence-electron chi connectivity index (χ0n) is 5.30. The highest BCUT2D eigenvalue weighted by Crippen LogP contribution is 2.54. The zero-order chi connectivity index (χ0) is 7.61. The summed E-state index contributed by atoms with van der Waals surface area (Å²) in [5, 5.41) is 3.38. The first kappa shape index (κ1) is 7.99. The Bertz CT molecular complexity index is 174. The Hall–Kier alpha value is -0.110. The molecule has 10 heavy (non-hydrogen) atoms. The molecule has 1 saturated carbocycles. The summed E-state index contributed by atoms with van der Waals surface area (Å²) in [6.45, 7) is 0.502. The van der Waals surface area contributed by atoms with Gasteiger partial charge in [-0.05, 0) is 24.3 Å². The predicted octanol–water partition coefficient (Wildman–Crippen LogP) is 2.88. The molecular formula is C5H7Cl2N3. The molecule has 1 aliphatic rings. The van der Waals surface area contributed by atoms with Crippen LogP contribution >= 0.6 is 23.2 Å². The molecule has 0 N–H and O–H groups in total. The maximum Gasteiger partial charge on any atom is 0.121 e. The Kier molecular flexibility index (Phi) is 2.29. The Morgan fingerprint density at radius 2 is 2.30 bits per heavy atom. The van der Waals surface area contributed by atoms with Crippen LogP contribution in [0.15, 0.2) is 5.11 Å². The van der Waals surface area contributed by atoms with Crippen LogP contribution in [0.25, 0.3) is 10.4 Å². The highest BCUT2D eigenvalue weighted by Gasteiger charge is 2.50. The lowest BCUT2D eigenvalue weighted by molar-refractivity contribution is 0.728. The number of hydrogen-bond acceptors (Lipinski definition) is 1. The van der Waals surface area contributed by atoms with Gasteiger partial charge < -0.3 is 0 Å². The number of rotatable bonds is 3. The van der Waals surface area contributed by atoms with E-state index in [9.17, 15) is 0 Å². The van der Waals surface area contributed by atoms with Crippen molar-refractivity contribution in [1.82, 2.24) is 0 Å². The van der Waals surface area contributed by atoms with Crippen LogP contribution in [0.3, 0.4) is 0 Å². The van der Waals surface area contributed by atoms with Crippen molar-refractivity contribution in [1.29, 1.82) is 0 Å². The fraction of sp³-hybridized carbons (Fsp3) is 1.00. The summed E-state index contributed by atoms with van der Waals surface area (Å²) in [5.74, 6) is 0.335. The van der Waals surface area contributed by atoms with E-state index >= 15 is 0 Å². The minimum Gasteiger partial charge on any atom is -0.101 e. The lowest BCUT2D eigenvalue weighted by Gasteiger charge is -1.93. The number of alkyl halides is 2. The molecule has 0 spiro atoms. The van der Waals surface area contributed by atoms with Crippen molar-refractivity contribution in [3.63, 3.8) is 0 Å². The molecule has 0 bridgehead atoms. The molecule has 0 aromatic rings. The Labute approximate surface area is 68.9 Å². The van der Waals surface area contributed by atoms with Crippen LogP contribution in [0.5, 0.6) is 0 Å². The number of azide groups is 1. The third-order valence-corrected chi connectivity index (χ3v) is 2.52. The molecule has 0 amide bonds. The van der Waals surface area contributed by atoms with Crippen LogP contribution in [0.1, 0.15) is 12.8 Å². The van der Waals surface area contributed by atoms with E-state index in [2.05, 4.69) is 10.0 Å². The van der Waals surface area contributed by atoms with E-state index in [0.29, 0.717) is 12.5 Å². The molecule has 1 atom stereocenters. The SMILES string of the molecule is [N-]=[N+]=NCC[C@H]1CC1(Cl)Cl. The molecule has 1 aliphatic carbocycles. The average molecular weight is 180 g/mol. The topological polar surface area (TPSA) is 48.8 Å². The number of hydrogen-bond donors (Lipinski definition) is 0. The molecule has 0 radical (unpaired) electrons. The standard InChI is InChI=1S/C5H7Cl2N3/c6-5(7)3-4(5)1-2-9-10-8/h4H,1-3H2/t4-/m0/s1. The van der Waals surface area contributed by atoms with Crippen molar-refractivity contribution in [2.75, 3.05) is 6.54 Å². The molecule has 0 aromatic heterocycles. The van der Waals surface area contributed by atoms with Crippen molar-refractivity contribution < 1.29 is 0 Å². The molecule has 5 heteroatoms. The van der Waals surface area contributed by atoms with Gasteiger partial charge in [0.1, 0.15) is 4.33 Å². The fourth-order valence-electron chi connectivity index (χ4n) is 0.841. The summed E-state index contributed by atoms with van der Waals surface area (Å²) in [4.78, 5) is 2.62. The summed E-state index contributed by atoms with van der Waals surface area (Å²) in [5.41, 5.74) is 7.92. The van der Waals surface area contributed by atoms with Gasteiger partial charge in [0.05, 0.1) is 0 Å². The quantitative estimate of drug-likeness (QED) is 0.277. The van der Waals surface area contributed by atoms with Crippen LogP contribution in [-0.4, -0.2) is 10.9 Å². The van der Waals surface area contributed by atoms with E-state index in [1.807, 2.05) is 0 Å². The summed E-state index contributed by atoms with van der Waals surface area (Å²) < 4.78 is -0.523. The minimum absolute atomic E-state index is 0.335. The van der Waals surface area contributed by atoms with E-state index in [1.54, 1.807) is 0 Å². The molecule has 1 fully saturated rings. The lowest BCUT2D eigenvalue weighted by atomic mass is 10.3. The fourth-order valence-corrected chi connectivity index (χ4v) is 1.43. The third-order valence-electron chi connectivity index (χ3n) is 1.60. The van der Waals surface area contributed by atoms with Gasteiger partial charge in [0.2, 0.25) is 0 Å². The molecule has 1 rings (SSSR count). The second kappa shape index (κ2) is 2.87. The maximum absolute atomic E-state index is 7.92. The summed E-state index contributed by atoms with van der Waals surface area (Å²) in [6, 6.07) is 0. The first-order valence-corrected chi connectivity index (χ1v) is 3.81. The monoisotopic (exact) mass is 179 g/mol. The van der Waals surface area contributed by atoms with Gasteiger partial charge in [-0.2, -0.15) is 0 Å². The van der Waals surface area contributed by atoms with E-state index in [1.165, 1.54) is 0 Å². The first-order chi connectivity index (χ1) is 4.67. The van der Waals surface area contributed by atoms with Crippen molar-refractivity contribution in [2.24, 2.45) is 11.0 Å². The molecule has 0 aromatic carbocycles. The highest BCUT2D eigenvalue weighted by atomic mass is 35.5. The predicted molar refractivity (Wildman–Crippen MR) is 41.2 cm³/mol. The van der Waals surface area contributed by atoms with Crippen LogP contribution in [-0.2, 0) is 0 Å². The molecule has 3 nitrogen and oxygen atoms in total. The summed E-state index contributed by atoms with van der Waals surface area (Å²) >= 11 is 11.4. The van der Waals surface area contributed by atoms with E-state index in [-0.39, 0.29) is 0 Å². The van der Waals surface area contributed by atoms with Gasteiger partial charge in [-0.25, -0.2) is 0 Å². The molecule has 0 unspecified atom stereocenters. The zero-order valence-corrected chi connectivity index (χ0v) is 6.81. The van der Waals surface area contributed by atoms with Crippen molar-refractivity contribution in [3.05, 3.63) is 10.4 Å². The van der Waals surface area contributed by atoms with Crippen LogP contribution in [0.2, 0.25) is 0 Å². The molecule has 0 saturated heterocycles. The van der Waals surface area contributed by atoms with Crippen molar-refractivity contribution in [2.45, 2.75) is 17.2 Å². The van der Waals surface area contributed by atoms with E-state index in [4.69, 9.17) is 28.7 Å². The molecule has 0 heterocycles. The number of nitrogens with zero attached hydrogens (tertiary/aromatic N) is 3. The van der Waals surface area contributed by atoms with Crippen molar-refractivity contribution in [3.8, 4) is 0 Å². The van der Waals surface area contributed by atoms with E-state index < -0.39 is 4.33 Å². The van der Waals surface area contributed by atoms with Crippen LogP contribution in [0.4, 0.5) is 0 Å². The van der Waals surface area contributed by atoms with Gasteiger partial charge in [-0.3, -0.25) is 0 Å². The summed E-state index contributed by atoms with van der Waals surface area (Å²) in [6.07, 6.45) is 1.63. The lowest BCUT2D eigenvalue weighted by Crippen LogP contribution is -1.91. The van der Waals surface area contributed by atoms with Crippen LogP contribution < -0.4 is 0 Å². The normalized spacial score (nSPS) is 27.2. The average Bonchev–Trinajstić information content (AvgIpc) is 2.41. The van der Waals surface area contributed by atoms with Gasteiger partial charge in [0.15, 0.2) is 0 Å². The summed E-state index contributed by atoms with van der Waals surface area (Å²) in [7, 11) is 0. The van der Waals surface area contributed by atoms with Gasteiger partial charge in [0.25, 0.3) is 0 Å². The maximum atomic E-state index is 7.92. The van der Waals surface area contributed by atoms with Gasteiger partial charge in [0, 0.05) is 11.5 Å². The molecule has 0 aliphatic heterocycles. The third kappa shape index (κ3) is 1.94. The smallest absolute Gasteiger partial charge is 0.101 e. The Morgan fingerprint density at radius 3 is 2.70 bits per heavy atom. The second-order valence-corrected chi connectivity index (χ2v) is 3.95. The Morgan fingerprint density at radius 1 is 1.70 bits per heavy atom. The molecular weight excluding hydrogens is 173 g/mol. The van der Waals surface area contributed by atoms with Crippen LogP contribution in [0, 0.1) is 5.92 Å². The number of halogens is 2. The highest BCUT2D eigenvalue weighted by molar-refractivity contribution is 6.50. The van der Waals surface area contributed by atoms with Gasteiger partial charge in [-0.1, -0.05) is 5.11 Å². The minimum atomic E-state index is -0.523. The van der Waals surface area contributed by atoms with Gasteiger partial charge in [-0.15, -0.1) is 23.2 Å². The second-order valence-electron chi connectivity index (χ2n) is 2.41. The first-order valence-electron chi connectivity index (χ1n) is 3.05. The van der Waals surface area contributed by atoms with Crippen molar-refractivity contribution >= 4 is 23.2 Å². The Balaban J connectivity index is 2.13. The van der Waals surface area contributed by atoms with E-state index in [0.717, 1.165) is 12.8 Å². The molecule has 56 valence electrons. The largest absolute Gasteiger partial charge is 0.121 e. The van der Waals surface area contributed by atoms with Gasteiger partial charge >= 0.3 is 0 Å².